The van der Waals surface area contributed by atoms with E-state index in [0.717, 1.165) is 8.95 Å². The van der Waals surface area contributed by atoms with Crippen molar-refractivity contribution in [3.05, 3.63) is 155 Å². The van der Waals surface area contributed by atoms with Crippen LogP contribution in [0, 0.1) is 0 Å². The van der Waals surface area contributed by atoms with Crippen molar-refractivity contribution in [2.24, 2.45) is 0 Å². The molecule has 0 heterocycles. The molecule has 0 aliphatic rings. The van der Waals surface area contributed by atoms with Crippen LogP contribution in [0.2, 0.25) is 0 Å². The second-order valence-electron chi connectivity index (χ2n) is 9.20. The lowest BCUT2D eigenvalue weighted by atomic mass is 9.85. The smallest absolute Gasteiger partial charge is 0.0181 e. The lowest BCUT2D eigenvalue weighted by Gasteiger charge is -2.19. The standard InChI is InChI=1S/C36H24Br2/c37-27-19-21-33(31-17-9-7-15-29(31)25-11-3-1-4-12-25)35(23-27)36-24-28(38)20-22-34(36)32-18-10-8-16-30(32)26-13-5-2-6-14-26/h1-24H. The highest BCUT2D eigenvalue weighted by Crippen LogP contribution is 2.45. The molecule has 0 spiro atoms. The van der Waals surface area contributed by atoms with Gasteiger partial charge in [-0.2, -0.15) is 0 Å². The van der Waals surface area contributed by atoms with Gasteiger partial charge in [0, 0.05) is 8.95 Å². The van der Waals surface area contributed by atoms with Crippen molar-refractivity contribution in [3.63, 3.8) is 0 Å². The summed E-state index contributed by atoms with van der Waals surface area (Å²) in [6.45, 7) is 0. The lowest BCUT2D eigenvalue weighted by Crippen LogP contribution is -1.93. The summed E-state index contributed by atoms with van der Waals surface area (Å²) in [6.07, 6.45) is 0. The fourth-order valence-electron chi connectivity index (χ4n) is 5.12. The molecule has 0 aliphatic carbocycles. The SMILES string of the molecule is Brc1ccc(-c2ccccc2-c2ccccc2)c(-c2cc(Br)ccc2-c2ccccc2-c2ccccc2)c1. The summed E-state index contributed by atoms with van der Waals surface area (Å²) < 4.78 is 2.10. The predicted molar refractivity (Wildman–Crippen MR) is 169 cm³/mol. The Bertz CT molecular complexity index is 1590. The summed E-state index contributed by atoms with van der Waals surface area (Å²) in [5.41, 5.74) is 12.0. The van der Waals surface area contributed by atoms with Crippen LogP contribution in [-0.2, 0) is 0 Å². The maximum atomic E-state index is 3.77. The summed E-state index contributed by atoms with van der Waals surface area (Å²) in [7, 11) is 0. The molecule has 0 amide bonds. The highest BCUT2D eigenvalue weighted by Gasteiger charge is 2.18. The average Bonchev–Trinajstić information content (AvgIpc) is 2.98. The van der Waals surface area contributed by atoms with E-state index in [1.165, 1.54) is 55.6 Å². The minimum Gasteiger partial charge on any atom is -0.0622 e. The van der Waals surface area contributed by atoms with Crippen molar-refractivity contribution < 1.29 is 0 Å². The van der Waals surface area contributed by atoms with Gasteiger partial charge in [0.2, 0.25) is 0 Å². The van der Waals surface area contributed by atoms with Crippen LogP contribution < -0.4 is 0 Å². The molecule has 0 unspecified atom stereocenters. The van der Waals surface area contributed by atoms with E-state index in [9.17, 15) is 0 Å². The third-order valence-electron chi connectivity index (χ3n) is 6.86. The van der Waals surface area contributed by atoms with Gasteiger partial charge >= 0.3 is 0 Å². The Hall–Kier alpha value is -3.72. The van der Waals surface area contributed by atoms with Gasteiger partial charge in [-0.05, 0) is 79.9 Å². The predicted octanol–water partition coefficient (Wildman–Crippen LogP) is 11.5. The molecule has 0 bridgehead atoms. The Morgan fingerprint density at radius 2 is 0.579 bits per heavy atom. The number of benzene rings is 6. The molecule has 0 N–H and O–H groups in total. The second-order valence-corrected chi connectivity index (χ2v) is 11.0. The summed E-state index contributed by atoms with van der Waals surface area (Å²) in [4.78, 5) is 0. The Kier molecular flexibility index (Phi) is 7.09. The molecule has 0 saturated heterocycles. The Morgan fingerprint density at radius 1 is 0.263 bits per heavy atom. The quantitative estimate of drug-likeness (QED) is 0.181. The van der Waals surface area contributed by atoms with E-state index in [1.807, 2.05) is 0 Å². The zero-order valence-corrected chi connectivity index (χ0v) is 23.8. The average molecular weight is 616 g/mol. The Labute approximate surface area is 240 Å². The monoisotopic (exact) mass is 614 g/mol. The van der Waals surface area contributed by atoms with Gasteiger partial charge in [-0.15, -0.1) is 0 Å². The van der Waals surface area contributed by atoms with Crippen LogP contribution in [0.15, 0.2) is 155 Å². The molecule has 6 rings (SSSR count). The number of halogens is 2. The van der Waals surface area contributed by atoms with Gasteiger partial charge in [0.25, 0.3) is 0 Å². The number of hydrogen-bond acceptors (Lipinski definition) is 0. The van der Waals surface area contributed by atoms with E-state index in [2.05, 4.69) is 177 Å². The zero-order chi connectivity index (χ0) is 25.9. The van der Waals surface area contributed by atoms with Crippen molar-refractivity contribution in [1.82, 2.24) is 0 Å². The highest BCUT2D eigenvalue weighted by molar-refractivity contribution is 9.10. The van der Waals surface area contributed by atoms with Crippen molar-refractivity contribution in [2.75, 3.05) is 0 Å². The molecule has 0 nitrogen and oxygen atoms in total. The van der Waals surface area contributed by atoms with Gasteiger partial charge < -0.3 is 0 Å². The van der Waals surface area contributed by atoms with Crippen LogP contribution in [0.5, 0.6) is 0 Å². The van der Waals surface area contributed by atoms with Crippen LogP contribution in [0.3, 0.4) is 0 Å². The molecule has 0 aromatic heterocycles. The summed E-state index contributed by atoms with van der Waals surface area (Å²) in [6, 6.07) is 51.8. The van der Waals surface area contributed by atoms with E-state index in [4.69, 9.17) is 0 Å². The van der Waals surface area contributed by atoms with Gasteiger partial charge in [0.15, 0.2) is 0 Å². The van der Waals surface area contributed by atoms with Crippen LogP contribution >= 0.6 is 31.9 Å². The van der Waals surface area contributed by atoms with Crippen LogP contribution in [0.1, 0.15) is 0 Å². The van der Waals surface area contributed by atoms with Crippen LogP contribution in [-0.4, -0.2) is 0 Å². The summed E-state index contributed by atoms with van der Waals surface area (Å²) in [5, 5.41) is 0. The second kappa shape index (κ2) is 10.9. The van der Waals surface area contributed by atoms with Gasteiger partial charge in [-0.1, -0.05) is 153 Å². The van der Waals surface area contributed by atoms with E-state index >= 15 is 0 Å². The van der Waals surface area contributed by atoms with Crippen LogP contribution in [0.25, 0.3) is 55.6 Å². The molecule has 0 atom stereocenters. The molecule has 2 heteroatoms. The Morgan fingerprint density at radius 3 is 0.974 bits per heavy atom. The number of hydrogen-bond donors (Lipinski definition) is 0. The summed E-state index contributed by atoms with van der Waals surface area (Å²) >= 11 is 7.54. The third-order valence-corrected chi connectivity index (χ3v) is 7.84. The summed E-state index contributed by atoms with van der Waals surface area (Å²) in [5.74, 6) is 0. The van der Waals surface area contributed by atoms with E-state index in [1.54, 1.807) is 0 Å². The minimum absolute atomic E-state index is 1.05. The molecule has 6 aromatic carbocycles. The fraction of sp³-hybridized carbons (Fsp3) is 0. The van der Waals surface area contributed by atoms with Crippen molar-refractivity contribution >= 4 is 31.9 Å². The molecular formula is C36H24Br2. The molecule has 0 saturated carbocycles. The molecule has 182 valence electrons. The molecule has 0 fully saturated rings. The van der Waals surface area contributed by atoms with E-state index in [0.29, 0.717) is 0 Å². The van der Waals surface area contributed by atoms with Crippen molar-refractivity contribution in [2.45, 2.75) is 0 Å². The molecule has 0 aliphatic heterocycles. The van der Waals surface area contributed by atoms with Crippen LogP contribution in [0.4, 0.5) is 0 Å². The first-order chi connectivity index (χ1) is 18.7. The van der Waals surface area contributed by atoms with E-state index in [-0.39, 0.29) is 0 Å². The maximum absolute atomic E-state index is 3.77. The molecular weight excluding hydrogens is 592 g/mol. The van der Waals surface area contributed by atoms with Gasteiger partial charge in [-0.25, -0.2) is 0 Å². The van der Waals surface area contributed by atoms with Gasteiger partial charge in [0.05, 0.1) is 0 Å². The van der Waals surface area contributed by atoms with Crippen molar-refractivity contribution in [1.29, 1.82) is 0 Å². The lowest BCUT2D eigenvalue weighted by molar-refractivity contribution is 1.52. The first-order valence-corrected chi connectivity index (χ1v) is 14.2. The maximum Gasteiger partial charge on any atom is 0.0181 e. The Balaban J connectivity index is 1.61. The van der Waals surface area contributed by atoms with Gasteiger partial charge in [0.1, 0.15) is 0 Å². The molecule has 6 aromatic rings. The number of rotatable bonds is 5. The highest BCUT2D eigenvalue weighted by atomic mass is 79.9. The van der Waals surface area contributed by atoms with Gasteiger partial charge in [-0.3, -0.25) is 0 Å². The first kappa shape index (κ1) is 24.6. The fourth-order valence-corrected chi connectivity index (χ4v) is 5.85. The zero-order valence-electron chi connectivity index (χ0n) is 20.6. The first-order valence-electron chi connectivity index (χ1n) is 12.6. The van der Waals surface area contributed by atoms with Crippen molar-refractivity contribution in [3.8, 4) is 55.6 Å². The topological polar surface area (TPSA) is 0 Å². The normalized spacial score (nSPS) is 10.9. The largest absolute Gasteiger partial charge is 0.0622 e. The molecule has 38 heavy (non-hydrogen) atoms. The van der Waals surface area contributed by atoms with E-state index < -0.39 is 0 Å². The minimum atomic E-state index is 1.05. The molecule has 0 radical (unpaired) electrons. The third kappa shape index (κ3) is 4.90.